The molecule has 116 valence electrons. The zero-order chi connectivity index (χ0) is 16.1. The monoisotopic (exact) mass is 306 g/mol. The molecule has 0 atom stereocenters. The van der Waals surface area contributed by atoms with Gasteiger partial charge in [-0.15, -0.1) is 0 Å². The highest BCUT2D eigenvalue weighted by molar-refractivity contribution is 5.97. The Morgan fingerprint density at radius 1 is 1.41 bits per heavy atom. The number of amides is 2. The lowest BCUT2D eigenvalue weighted by Crippen LogP contribution is -2.25. The third-order valence-electron chi connectivity index (χ3n) is 3.16. The van der Waals surface area contributed by atoms with Gasteiger partial charge in [0.1, 0.15) is 5.82 Å². The van der Waals surface area contributed by atoms with Crippen LogP contribution in [0.25, 0.3) is 0 Å². The number of aliphatic carboxylic acids is 1. The minimum absolute atomic E-state index is 0.109. The third kappa shape index (κ3) is 3.91. The molecule has 1 aromatic carbocycles. The number of nitrogens with one attached hydrogen (secondary N) is 1. The molecule has 1 aliphatic heterocycles. The molecule has 2 amide bonds. The zero-order valence-corrected chi connectivity index (χ0v) is 11.7. The predicted octanol–water partition coefficient (Wildman–Crippen LogP) is 1.92. The van der Waals surface area contributed by atoms with Crippen molar-refractivity contribution in [3.8, 4) is 0 Å². The molecule has 2 rings (SSSR count). The summed E-state index contributed by atoms with van der Waals surface area (Å²) < 4.78 is 13.8. The Morgan fingerprint density at radius 3 is 2.82 bits per heavy atom. The van der Waals surface area contributed by atoms with Crippen LogP contribution in [0.4, 0.5) is 15.8 Å². The number of carboxylic acid groups (broad SMARTS) is 1. The number of carbonyl (C=O) groups is 3. The lowest BCUT2D eigenvalue weighted by Gasteiger charge is -2.17. The summed E-state index contributed by atoms with van der Waals surface area (Å²) in [5.41, 5.74) is 0.492. The SMILES string of the molecule is O=C(O)C=CCC(=O)Nc1ccc(F)c(N2CCCC2=O)c1. The van der Waals surface area contributed by atoms with Crippen molar-refractivity contribution in [2.24, 2.45) is 0 Å². The van der Waals surface area contributed by atoms with Gasteiger partial charge in [-0.1, -0.05) is 6.08 Å². The van der Waals surface area contributed by atoms with Gasteiger partial charge < -0.3 is 15.3 Å². The van der Waals surface area contributed by atoms with Gasteiger partial charge in [-0.3, -0.25) is 9.59 Å². The maximum atomic E-state index is 13.8. The zero-order valence-electron chi connectivity index (χ0n) is 11.7. The second-order valence-electron chi connectivity index (χ2n) is 4.81. The van der Waals surface area contributed by atoms with Crippen molar-refractivity contribution in [1.29, 1.82) is 0 Å². The van der Waals surface area contributed by atoms with Crippen LogP contribution in [0.2, 0.25) is 0 Å². The first-order valence-corrected chi connectivity index (χ1v) is 6.76. The number of rotatable bonds is 5. The molecule has 0 saturated carbocycles. The van der Waals surface area contributed by atoms with E-state index in [4.69, 9.17) is 5.11 Å². The molecule has 2 N–H and O–H groups in total. The van der Waals surface area contributed by atoms with Gasteiger partial charge >= 0.3 is 5.97 Å². The van der Waals surface area contributed by atoms with Crippen LogP contribution in [0.15, 0.2) is 30.4 Å². The standard InChI is InChI=1S/C15H15FN2O4/c16-11-7-6-10(17-13(19)3-1-5-15(21)22)9-12(11)18-8-2-4-14(18)20/h1,5-7,9H,2-4,8H2,(H,17,19)(H,21,22). The maximum absolute atomic E-state index is 13.8. The van der Waals surface area contributed by atoms with Gasteiger partial charge in [0.25, 0.3) is 0 Å². The summed E-state index contributed by atoms with van der Waals surface area (Å²) in [5.74, 6) is -2.24. The number of hydrogen-bond donors (Lipinski definition) is 2. The lowest BCUT2D eigenvalue weighted by molar-refractivity contribution is -0.131. The van der Waals surface area contributed by atoms with E-state index in [1.54, 1.807) is 0 Å². The van der Waals surface area contributed by atoms with Crippen LogP contribution in [-0.2, 0) is 14.4 Å². The molecule has 22 heavy (non-hydrogen) atoms. The minimum atomic E-state index is -1.13. The molecule has 0 aromatic heterocycles. The Balaban J connectivity index is 2.07. The molecule has 6 nitrogen and oxygen atoms in total. The van der Waals surface area contributed by atoms with Crippen molar-refractivity contribution in [3.05, 3.63) is 36.2 Å². The highest BCUT2D eigenvalue weighted by atomic mass is 19.1. The fourth-order valence-electron chi connectivity index (χ4n) is 2.18. The van der Waals surface area contributed by atoms with E-state index in [0.29, 0.717) is 25.1 Å². The average molecular weight is 306 g/mol. The summed E-state index contributed by atoms with van der Waals surface area (Å²) in [5, 5.41) is 11.0. The molecular weight excluding hydrogens is 291 g/mol. The van der Waals surface area contributed by atoms with Gasteiger partial charge in [-0.25, -0.2) is 9.18 Å². The van der Waals surface area contributed by atoms with Gasteiger partial charge in [-0.2, -0.15) is 0 Å². The van der Waals surface area contributed by atoms with Gasteiger partial charge in [0.05, 0.1) is 5.69 Å². The molecule has 0 aliphatic carbocycles. The lowest BCUT2D eigenvalue weighted by atomic mass is 10.2. The number of carboxylic acids is 1. The van der Waals surface area contributed by atoms with E-state index >= 15 is 0 Å². The summed E-state index contributed by atoms with van der Waals surface area (Å²) in [7, 11) is 0. The second-order valence-corrected chi connectivity index (χ2v) is 4.81. The number of anilines is 2. The largest absolute Gasteiger partial charge is 0.478 e. The van der Waals surface area contributed by atoms with E-state index in [2.05, 4.69) is 5.32 Å². The fourth-order valence-corrected chi connectivity index (χ4v) is 2.18. The first-order valence-electron chi connectivity index (χ1n) is 6.76. The van der Waals surface area contributed by atoms with Crippen molar-refractivity contribution in [1.82, 2.24) is 0 Å². The molecule has 0 unspecified atom stereocenters. The van der Waals surface area contributed by atoms with Crippen LogP contribution in [0.3, 0.4) is 0 Å². The summed E-state index contributed by atoms with van der Waals surface area (Å²) >= 11 is 0. The topological polar surface area (TPSA) is 86.7 Å². The van der Waals surface area contributed by atoms with Gasteiger partial charge in [0, 0.05) is 31.1 Å². The summed E-state index contributed by atoms with van der Waals surface area (Å²) in [6, 6.07) is 3.97. The van der Waals surface area contributed by atoms with Crippen LogP contribution in [0, 0.1) is 5.82 Å². The molecule has 1 heterocycles. The second kappa shape index (κ2) is 6.84. The van der Waals surface area contributed by atoms with E-state index in [-0.39, 0.29) is 18.0 Å². The quantitative estimate of drug-likeness (QED) is 0.814. The number of hydrogen-bond acceptors (Lipinski definition) is 3. The smallest absolute Gasteiger partial charge is 0.327 e. The normalized spacial score (nSPS) is 14.6. The van der Waals surface area contributed by atoms with E-state index in [1.807, 2.05) is 0 Å². The fraction of sp³-hybridized carbons (Fsp3) is 0.267. The van der Waals surface area contributed by atoms with E-state index in [0.717, 1.165) is 6.08 Å². The minimum Gasteiger partial charge on any atom is -0.478 e. The summed E-state index contributed by atoms with van der Waals surface area (Å²) in [6.45, 7) is 0.453. The molecule has 1 aliphatic rings. The van der Waals surface area contributed by atoms with Crippen LogP contribution in [-0.4, -0.2) is 29.4 Å². The van der Waals surface area contributed by atoms with Crippen LogP contribution in [0.5, 0.6) is 0 Å². The molecule has 7 heteroatoms. The Morgan fingerprint density at radius 2 is 2.18 bits per heavy atom. The maximum Gasteiger partial charge on any atom is 0.327 e. The Kier molecular flexibility index (Phi) is 4.88. The molecule has 1 aromatic rings. The first kappa shape index (κ1) is 15.7. The average Bonchev–Trinajstić information content (AvgIpc) is 2.86. The molecule has 0 bridgehead atoms. The Hall–Kier alpha value is -2.70. The van der Waals surface area contributed by atoms with E-state index < -0.39 is 17.7 Å². The van der Waals surface area contributed by atoms with Crippen molar-refractivity contribution in [2.75, 3.05) is 16.8 Å². The Labute approximate surface area is 126 Å². The number of halogens is 1. The first-order chi connectivity index (χ1) is 10.5. The van der Waals surface area contributed by atoms with Gasteiger partial charge in [0.15, 0.2) is 0 Å². The van der Waals surface area contributed by atoms with Crippen molar-refractivity contribution in [2.45, 2.75) is 19.3 Å². The third-order valence-corrected chi connectivity index (χ3v) is 3.16. The molecule has 1 saturated heterocycles. The summed E-state index contributed by atoms with van der Waals surface area (Å²) in [4.78, 5) is 35.0. The van der Waals surface area contributed by atoms with Crippen molar-refractivity contribution < 1.29 is 23.9 Å². The predicted molar refractivity (Wildman–Crippen MR) is 78.0 cm³/mol. The highest BCUT2D eigenvalue weighted by Crippen LogP contribution is 2.27. The number of nitrogens with zero attached hydrogens (tertiary/aromatic N) is 1. The van der Waals surface area contributed by atoms with E-state index in [9.17, 15) is 18.8 Å². The molecule has 0 spiro atoms. The van der Waals surface area contributed by atoms with Gasteiger partial charge in [-0.05, 0) is 24.6 Å². The Bertz CT molecular complexity index is 642. The number of carbonyl (C=O) groups excluding carboxylic acids is 2. The molecule has 1 fully saturated rings. The van der Waals surface area contributed by atoms with Crippen LogP contribution >= 0.6 is 0 Å². The van der Waals surface area contributed by atoms with Gasteiger partial charge in [0.2, 0.25) is 11.8 Å². The van der Waals surface area contributed by atoms with Crippen LogP contribution in [0.1, 0.15) is 19.3 Å². The number of benzene rings is 1. The molecule has 0 radical (unpaired) electrons. The highest BCUT2D eigenvalue weighted by Gasteiger charge is 2.24. The van der Waals surface area contributed by atoms with Crippen molar-refractivity contribution >= 4 is 29.2 Å². The summed E-state index contributed by atoms with van der Waals surface area (Å²) in [6.07, 6.45) is 3.04. The molecular formula is C15H15FN2O4. The van der Waals surface area contributed by atoms with E-state index in [1.165, 1.54) is 29.2 Å². The van der Waals surface area contributed by atoms with Crippen LogP contribution < -0.4 is 10.2 Å². The van der Waals surface area contributed by atoms with Crippen molar-refractivity contribution in [3.63, 3.8) is 0 Å².